The van der Waals surface area contributed by atoms with Crippen molar-refractivity contribution in [2.45, 2.75) is 18.9 Å². The van der Waals surface area contributed by atoms with E-state index >= 15 is 0 Å². The molecule has 1 aliphatic heterocycles. The van der Waals surface area contributed by atoms with Crippen molar-refractivity contribution in [1.82, 2.24) is 5.32 Å². The van der Waals surface area contributed by atoms with Crippen LogP contribution in [0.5, 0.6) is 0 Å². The largest absolute Gasteiger partial charge is 0.387 e. The van der Waals surface area contributed by atoms with Gasteiger partial charge in [-0.15, -0.1) is 0 Å². The van der Waals surface area contributed by atoms with Crippen LogP contribution in [0.3, 0.4) is 0 Å². The van der Waals surface area contributed by atoms with Gasteiger partial charge in [-0.05, 0) is 12.3 Å². The van der Waals surface area contributed by atoms with E-state index in [1.54, 1.807) is 7.11 Å². The molecule has 11 heavy (non-hydrogen) atoms. The highest BCUT2D eigenvalue weighted by Crippen LogP contribution is 2.24. The summed E-state index contributed by atoms with van der Waals surface area (Å²) in [4.78, 5) is 0. The monoisotopic (exact) mass is 159 g/mol. The Bertz CT molecular complexity index is 123. The summed E-state index contributed by atoms with van der Waals surface area (Å²) in [5.41, 5.74) is -0.460. The smallest absolute Gasteiger partial charge is 0.0921 e. The minimum Gasteiger partial charge on any atom is -0.387 e. The lowest BCUT2D eigenvalue weighted by atomic mass is 9.82. The molecule has 1 atom stereocenters. The van der Waals surface area contributed by atoms with E-state index in [0.717, 1.165) is 26.1 Å². The molecule has 0 spiro atoms. The highest BCUT2D eigenvalue weighted by Gasteiger charge is 2.39. The number of hydrogen-bond donors (Lipinski definition) is 2. The van der Waals surface area contributed by atoms with Gasteiger partial charge >= 0.3 is 0 Å². The Morgan fingerprint density at radius 3 is 2.64 bits per heavy atom. The van der Waals surface area contributed by atoms with E-state index < -0.39 is 5.60 Å². The Kier molecular flexibility index (Phi) is 2.87. The van der Waals surface area contributed by atoms with Gasteiger partial charge in [0.1, 0.15) is 0 Å². The zero-order valence-corrected chi connectivity index (χ0v) is 7.26. The SMILES string of the molecule is COCCC(C)C1(O)CNC1. The minimum absolute atomic E-state index is 0.337. The molecule has 3 nitrogen and oxygen atoms in total. The quantitative estimate of drug-likeness (QED) is 0.606. The molecule has 1 saturated heterocycles. The van der Waals surface area contributed by atoms with Crippen molar-refractivity contribution in [3.05, 3.63) is 0 Å². The lowest BCUT2D eigenvalue weighted by molar-refractivity contribution is -0.0631. The van der Waals surface area contributed by atoms with Gasteiger partial charge < -0.3 is 15.2 Å². The molecule has 0 aromatic carbocycles. The first kappa shape index (κ1) is 8.97. The van der Waals surface area contributed by atoms with Crippen molar-refractivity contribution in [2.24, 2.45) is 5.92 Å². The van der Waals surface area contributed by atoms with E-state index in [0.29, 0.717) is 5.92 Å². The Balaban J connectivity index is 2.22. The summed E-state index contributed by atoms with van der Waals surface area (Å²) in [6, 6.07) is 0. The summed E-state index contributed by atoms with van der Waals surface area (Å²) in [5, 5.41) is 12.9. The molecule has 2 N–H and O–H groups in total. The van der Waals surface area contributed by atoms with E-state index in [1.165, 1.54) is 0 Å². The van der Waals surface area contributed by atoms with Crippen LogP contribution in [0, 0.1) is 5.92 Å². The van der Waals surface area contributed by atoms with Gasteiger partial charge in [-0.2, -0.15) is 0 Å². The fourth-order valence-corrected chi connectivity index (χ4v) is 1.29. The zero-order chi connectivity index (χ0) is 8.32. The van der Waals surface area contributed by atoms with Gasteiger partial charge in [0, 0.05) is 26.8 Å². The molecule has 0 radical (unpaired) electrons. The van der Waals surface area contributed by atoms with Gasteiger partial charge in [0.15, 0.2) is 0 Å². The predicted octanol–water partition coefficient (Wildman–Crippen LogP) is -0.00670. The second kappa shape index (κ2) is 3.52. The average molecular weight is 159 g/mol. The number of rotatable bonds is 4. The first-order chi connectivity index (χ1) is 5.19. The van der Waals surface area contributed by atoms with Crippen LogP contribution in [-0.2, 0) is 4.74 Å². The molecule has 0 aliphatic carbocycles. The number of ether oxygens (including phenoxy) is 1. The van der Waals surface area contributed by atoms with Crippen LogP contribution in [0.25, 0.3) is 0 Å². The Labute approximate surface area is 67.7 Å². The molecule has 1 heterocycles. The summed E-state index contributed by atoms with van der Waals surface area (Å²) < 4.78 is 4.94. The highest BCUT2D eigenvalue weighted by atomic mass is 16.5. The van der Waals surface area contributed by atoms with Crippen LogP contribution < -0.4 is 5.32 Å². The fourth-order valence-electron chi connectivity index (χ4n) is 1.29. The molecule has 1 fully saturated rings. The summed E-state index contributed by atoms with van der Waals surface area (Å²) >= 11 is 0. The van der Waals surface area contributed by atoms with Gasteiger partial charge in [-0.25, -0.2) is 0 Å². The van der Waals surface area contributed by atoms with E-state index in [2.05, 4.69) is 12.2 Å². The van der Waals surface area contributed by atoms with Crippen molar-refractivity contribution in [3.63, 3.8) is 0 Å². The summed E-state index contributed by atoms with van der Waals surface area (Å²) in [7, 11) is 1.69. The fraction of sp³-hybridized carbons (Fsp3) is 1.00. The second-order valence-corrected chi connectivity index (χ2v) is 3.39. The van der Waals surface area contributed by atoms with Crippen molar-refractivity contribution in [3.8, 4) is 0 Å². The third-order valence-electron chi connectivity index (χ3n) is 2.53. The molecule has 1 unspecified atom stereocenters. The van der Waals surface area contributed by atoms with Gasteiger partial charge in [0.05, 0.1) is 5.60 Å². The molecular formula is C8H17NO2. The maximum atomic E-state index is 9.79. The standard InChI is InChI=1S/C8H17NO2/c1-7(3-4-11-2)8(10)5-9-6-8/h7,9-10H,3-6H2,1-2H3. The van der Waals surface area contributed by atoms with E-state index in [4.69, 9.17) is 4.74 Å². The van der Waals surface area contributed by atoms with Crippen molar-refractivity contribution in [2.75, 3.05) is 26.8 Å². The third-order valence-corrected chi connectivity index (χ3v) is 2.53. The second-order valence-electron chi connectivity index (χ2n) is 3.39. The molecular weight excluding hydrogens is 142 g/mol. The zero-order valence-electron chi connectivity index (χ0n) is 7.26. The minimum atomic E-state index is -0.460. The van der Waals surface area contributed by atoms with Gasteiger partial charge in [0.25, 0.3) is 0 Å². The van der Waals surface area contributed by atoms with Crippen LogP contribution in [0.1, 0.15) is 13.3 Å². The molecule has 3 heteroatoms. The Morgan fingerprint density at radius 2 is 2.27 bits per heavy atom. The molecule has 0 aromatic heterocycles. The van der Waals surface area contributed by atoms with E-state index in [-0.39, 0.29) is 0 Å². The lowest BCUT2D eigenvalue weighted by Gasteiger charge is -2.42. The highest BCUT2D eigenvalue weighted by molar-refractivity contribution is 4.96. The number of methoxy groups -OCH3 is 1. The predicted molar refractivity (Wildman–Crippen MR) is 43.5 cm³/mol. The number of aliphatic hydroxyl groups is 1. The van der Waals surface area contributed by atoms with E-state index in [1.807, 2.05) is 0 Å². The topological polar surface area (TPSA) is 41.5 Å². The van der Waals surface area contributed by atoms with Crippen molar-refractivity contribution in [1.29, 1.82) is 0 Å². The van der Waals surface area contributed by atoms with Crippen molar-refractivity contribution < 1.29 is 9.84 Å². The summed E-state index contributed by atoms with van der Waals surface area (Å²) in [6.07, 6.45) is 0.939. The van der Waals surface area contributed by atoms with E-state index in [9.17, 15) is 5.11 Å². The summed E-state index contributed by atoms with van der Waals surface area (Å²) in [6.45, 7) is 4.28. The molecule has 0 bridgehead atoms. The normalized spacial score (nSPS) is 24.3. The number of hydrogen-bond acceptors (Lipinski definition) is 3. The Hall–Kier alpha value is -0.120. The molecule has 0 aromatic rings. The maximum Gasteiger partial charge on any atom is 0.0921 e. The molecule has 1 aliphatic rings. The van der Waals surface area contributed by atoms with Crippen LogP contribution in [0.4, 0.5) is 0 Å². The van der Waals surface area contributed by atoms with Crippen LogP contribution in [-0.4, -0.2) is 37.5 Å². The molecule has 0 amide bonds. The van der Waals surface area contributed by atoms with Gasteiger partial charge in [-0.3, -0.25) is 0 Å². The van der Waals surface area contributed by atoms with Gasteiger partial charge in [-0.1, -0.05) is 6.92 Å². The lowest BCUT2D eigenvalue weighted by Crippen LogP contribution is -2.63. The first-order valence-electron chi connectivity index (χ1n) is 4.11. The number of nitrogens with one attached hydrogen (secondary N) is 1. The Morgan fingerprint density at radius 1 is 1.64 bits per heavy atom. The maximum absolute atomic E-state index is 9.79. The van der Waals surface area contributed by atoms with Crippen LogP contribution in [0.2, 0.25) is 0 Å². The molecule has 0 saturated carbocycles. The van der Waals surface area contributed by atoms with Crippen LogP contribution in [0.15, 0.2) is 0 Å². The average Bonchev–Trinajstić information content (AvgIpc) is 1.95. The summed E-state index contributed by atoms with van der Waals surface area (Å²) in [5.74, 6) is 0.337. The number of β-amino-alcohol motifs (C(OH)–C–C–N with tert-alkyl or cyclic N) is 1. The first-order valence-corrected chi connectivity index (χ1v) is 4.11. The molecule has 66 valence electrons. The molecule has 1 rings (SSSR count). The van der Waals surface area contributed by atoms with Gasteiger partial charge in [0.2, 0.25) is 0 Å². The van der Waals surface area contributed by atoms with Crippen LogP contribution >= 0.6 is 0 Å². The third kappa shape index (κ3) is 1.92. The van der Waals surface area contributed by atoms with Crippen molar-refractivity contribution >= 4 is 0 Å².